The van der Waals surface area contributed by atoms with Crippen LogP contribution in [0.3, 0.4) is 0 Å². The number of hydrogen-bond acceptors (Lipinski definition) is 4. The van der Waals surface area contributed by atoms with Crippen molar-refractivity contribution in [2.45, 2.75) is 13.8 Å². The lowest BCUT2D eigenvalue weighted by molar-refractivity contribution is 0.764. The SMILES string of the molecule is CC1(C)C=NN=NN=C1. The van der Waals surface area contributed by atoms with Crippen molar-refractivity contribution >= 4 is 12.4 Å². The van der Waals surface area contributed by atoms with Crippen LogP contribution >= 0.6 is 0 Å². The summed E-state index contributed by atoms with van der Waals surface area (Å²) >= 11 is 0. The molecule has 0 aromatic carbocycles. The highest BCUT2D eigenvalue weighted by atomic mass is 15.5. The van der Waals surface area contributed by atoms with Crippen LogP contribution < -0.4 is 0 Å². The van der Waals surface area contributed by atoms with Crippen LogP contribution in [0.2, 0.25) is 0 Å². The lowest BCUT2D eigenvalue weighted by atomic mass is 9.98. The van der Waals surface area contributed by atoms with Crippen LogP contribution in [0.5, 0.6) is 0 Å². The van der Waals surface area contributed by atoms with Gasteiger partial charge in [0, 0.05) is 17.8 Å². The van der Waals surface area contributed by atoms with E-state index in [1.807, 2.05) is 13.8 Å². The normalized spacial score (nSPS) is 22.0. The van der Waals surface area contributed by atoms with E-state index in [4.69, 9.17) is 0 Å². The van der Waals surface area contributed by atoms with E-state index >= 15 is 0 Å². The first kappa shape index (κ1) is 6.07. The molecule has 0 aromatic heterocycles. The fourth-order valence-electron chi connectivity index (χ4n) is 0.429. The second-order valence-corrected chi connectivity index (χ2v) is 2.49. The second kappa shape index (κ2) is 2.05. The van der Waals surface area contributed by atoms with E-state index in [1.165, 1.54) is 0 Å². The molecule has 0 saturated carbocycles. The highest BCUT2D eigenvalue weighted by molar-refractivity contribution is 5.87. The Balaban J connectivity index is 2.82. The first-order valence-corrected chi connectivity index (χ1v) is 2.69. The molecule has 4 heteroatoms. The maximum Gasteiger partial charge on any atom is 0.0399 e. The zero-order chi connectivity index (χ0) is 6.74. The van der Waals surface area contributed by atoms with Gasteiger partial charge in [0.1, 0.15) is 0 Å². The van der Waals surface area contributed by atoms with Gasteiger partial charge in [0.15, 0.2) is 0 Å². The van der Waals surface area contributed by atoms with Gasteiger partial charge in [-0.05, 0) is 24.3 Å². The molecule has 0 atom stereocenters. The van der Waals surface area contributed by atoms with Crippen LogP contribution in [0, 0.1) is 5.41 Å². The number of hydrogen-bond donors (Lipinski definition) is 0. The molecule has 0 saturated heterocycles. The lowest BCUT2D eigenvalue weighted by Gasteiger charge is -2.07. The summed E-state index contributed by atoms with van der Waals surface area (Å²) in [5.74, 6) is 0. The first-order valence-electron chi connectivity index (χ1n) is 2.69. The molecule has 0 fully saturated rings. The minimum Gasteiger partial charge on any atom is -0.141 e. The van der Waals surface area contributed by atoms with Gasteiger partial charge in [-0.2, -0.15) is 0 Å². The Morgan fingerprint density at radius 1 is 1.00 bits per heavy atom. The van der Waals surface area contributed by atoms with Crippen LogP contribution in [0.4, 0.5) is 0 Å². The van der Waals surface area contributed by atoms with Gasteiger partial charge in [-0.1, -0.05) is 0 Å². The van der Waals surface area contributed by atoms with Gasteiger partial charge in [-0.25, -0.2) is 0 Å². The van der Waals surface area contributed by atoms with Crippen molar-refractivity contribution in [3.63, 3.8) is 0 Å². The Bertz CT molecular complexity index is 159. The van der Waals surface area contributed by atoms with Gasteiger partial charge >= 0.3 is 0 Å². The second-order valence-electron chi connectivity index (χ2n) is 2.49. The Morgan fingerprint density at radius 2 is 1.44 bits per heavy atom. The molecule has 0 radical (unpaired) electrons. The zero-order valence-electron chi connectivity index (χ0n) is 5.44. The quantitative estimate of drug-likeness (QED) is 0.469. The van der Waals surface area contributed by atoms with Crippen molar-refractivity contribution in [2.75, 3.05) is 0 Å². The van der Waals surface area contributed by atoms with Gasteiger partial charge in [0.25, 0.3) is 0 Å². The van der Waals surface area contributed by atoms with E-state index in [-0.39, 0.29) is 5.41 Å². The molecule has 0 unspecified atom stereocenters. The van der Waals surface area contributed by atoms with E-state index in [1.54, 1.807) is 12.4 Å². The molecular weight excluding hydrogens is 116 g/mol. The third-order valence-electron chi connectivity index (χ3n) is 0.924. The standard InChI is InChI=1S/C5H8N4/c1-5(2)3-6-8-9-7-4-5/h3-4H,1-2H3. The minimum absolute atomic E-state index is 0.108. The molecule has 1 heterocycles. The summed E-state index contributed by atoms with van der Waals surface area (Å²) in [5.41, 5.74) is -0.108. The molecule has 0 bridgehead atoms. The van der Waals surface area contributed by atoms with Crippen molar-refractivity contribution in [3.8, 4) is 0 Å². The summed E-state index contributed by atoms with van der Waals surface area (Å²) in [5, 5.41) is 14.0. The van der Waals surface area contributed by atoms with Crippen LogP contribution in [0.1, 0.15) is 13.8 Å². The van der Waals surface area contributed by atoms with Gasteiger partial charge in [-0.3, -0.25) is 0 Å². The molecule has 0 N–H and O–H groups in total. The number of rotatable bonds is 0. The maximum absolute atomic E-state index is 3.63. The molecule has 1 aliphatic heterocycles. The summed E-state index contributed by atoms with van der Waals surface area (Å²) in [4.78, 5) is 0. The third-order valence-corrected chi connectivity index (χ3v) is 0.924. The first-order chi connectivity index (χ1) is 4.21. The summed E-state index contributed by atoms with van der Waals surface area (Å²) in [6.45, 7) is 3.96. The van der Waals surface area contributed by atoms with E-state index in [9.17, 15) is 0 Å². The highest BCUT2D eigenvalue weighted by Gasteiger charge is 2.11. The largest absolute Gasteiger partial charge is 0.141 e. The van der Waals surface area contributed by atoms with Crippen molar-refractivity contribution < 1.29 is 0 Å². The third kappa shape index (κ3) is 1.71. The summed E-state index contributed by atoms with van der Waals surface area (Å²) in [7, 11) is 0. The number of nitrogens with zero attached hydrogens (tertiary/aromatic N) is 4. The van der Waals surface area contributed by atoms with Crippen LogP contribution in [-0.4, -0.2) is 12.4 Å². The van der Waals surface area contributed by atoms with Gasteiger partial charge in [-0.15, -0.1) is 10.2 Å². The molecule has 0 amide bonds. The molecule has 0 aliphatic carbocycles. The molecule has 9 heavy (non-hydrogen) atoms. The maximum atomic E-state index is 3.63. The van der Waals surface area contributed by atoms with Gasteiger partial charge in [0.2, 0.25) is 0 Å². The van der Waals surface area contributed by atoms with Crippen molar-refractivity contribution in [1.29, 1.82) is 0 Å². The molecular formula is C5H8N4. The van der Waals surface area contributed by atoms with Crippen LogP contribution in [0.25, 0.3) is 0 Å². The van der Waals surface area contributed by atoms with Crippen molar-refractivity contribution in [3.05, 3.63) is 0 Å². The minimum atomic E-state index is -0.108. The summed E-state index contributed by atoms with van der Waals surface area (Å²) in [6.07, 6.45) is 3.40. The Labute approximate surface area is 53.4 Å². The molecule has 4 nitrogen and oxygen atoms in total. The lowest BCUT2D eigenvalue weighted by Crippen LogP contribution is -2.13. The Hall–Kier alpha value is -1.06. The summed E-state index contributed by atoms with van der Waals surface area (Å²) in [6, 6.07) is 0. The molecule has 1 aliphatic rings. The predicted octanol–water partition coefficient (Wildman–Crippen LogP) is 1.45. The van der Waals surface area contributed by atoms with E-state index in [2.05, 4.69) is 20.6 Å². The van der Waals surface area contributed by atoms with Gasteiger partial charge < -0.3 is 0 Å². The fraction of sp³-hybridized carbons (Fsp3) is 0.600. The molecule has 1 rings (SSSR count). The molecule has 0 aromatic rings. The zero-order valence-corrected chi connectivity index (χ0v) is 5.44. The van der Waals surface area contributed by atoms with E-state index in [0.29, 0.717) is 0 Å². The highest BCUT2D eigenvalue weighted by Crippen LogP contribution is 2.09. The average molecular weight is 124 g/mol. The topological polar surface area (TPSA) is 49.4 Å². The average Bonchev–Trinajstić information content (AvgIpc) is 1.92. The van der Waals surface area contributed by atoms with E-state index < -0.39 is 0 Å². The fourth-order valence-corrected chi connectivity index (χ4v) is 0.429. The van der Waals surface area contributed by atoms with E-state index in [0.717, 1.165) is 0 Å². The van der Waals surface area contributed by atoms with Crippen LogP contribution in [-0.2, 0) is 0 Å². The van der Waals surface area contributed by atoms with Crippen LogP contribution in [0.15, 0.2) is 20.6 Å². The monoisotopic (exact) mass is 124 g/mol. The Morgan fingerprint density at radius 3 is 1.89 bits per heavy atom. The molecule has 0 spiro atoms. The molecule has 48 valence electrons. The van der Waals surface area contributed by atoms with Crippen molar-refractivity contribution in [1.82, 2.24) is 0 Å². The summed E-state index contributed by atoms with van der Waals surface area (Å²) < 4.78 is 0. The smallest absolute Gasteiger partial charge is 0.0399 e. The predicted molar refractivity (Wildman–Crippen MR) is 35.6 cm³/mol. The van der Waals surface area contributed by atoms with Crippen molar-refractivity contribution in [2.24, 2.45) is 26.1 Å². The van der Waals surface area contributed by atoms with Gasteiger partial charge in [0.05, 0.1) is 0 Å². The Kier molecular flexibility index (Phi) is 1.38.